The van der Waals surface area contributed by atoms with Gasteiger partial charge in [0.15, 0.2) is 5.65 Å². The zero-order valence-electron chi connectivity index (χ0n) is 19.7. The maximum absolute atomic E-state index is 12.6. The topological polar surface area (TPSA) is 120 Å². The van der Waals surface area contributed by atoms with Crippen LogP contribution in [0.2, 0.25) is 0 Å². The van der Waals surface area contributed by atoms with Crippen LogP contribution in [0.1, 0.15) is 30.9 Å². The number of carbonyl (C=O) groups excluding carboxylic acids is 1. The molecule has 5 rings (SSSR count). The zero-order valence-corrected chi connectivity index (χ0v) is 19.7. The van der Waals surface area contributed by atoms with E-state index in [1.807, 2.05) is 53.2 Å². The summed E-state index contributed by atoms with van der Waals surface area (Å²) >= 11 is 0. The van der Waals surface area contributed by atoms with Gasteiger partial charge in [0.25, 0.3) is 0 Å². The number of anilines is 2. The molecule has 1 aliphatic heterocycles. The van der Waals surface area contributed by atoms with Crippen LogP contribution in [0.4, 0.5) is 11.5 Å². The Balaban J connectivity index is 1.42. The Morgan fingerprint density at radius 2 is 1.97 bits per heavy atom. The minimum absolute atomic E-state index is 0.0711. The molecule has 1 fully saturated rings. The van der Waals surface area contributed by atoms with Crippen molar-refractivity contribution in [3.05, 3.63) is 60.4 Å². The summed E-state index contributed by atoms with van der Waals surface area (Å²) in [6.07, 6.45) is 4.48. The summed E-state index contributed by atoms with van der Waals surface area (Å²) in [4.78, 5) is 21.3. The first kappa shape index (κ1) is 22.8. The number of rotatable bonds is 7. The standard InChI is InChI=1S/C26H29N7O2/c1-35-21-15-18(8-9-20(21)31-22(34)10-7-17-5-3-2-4-6-17)24-23-25(27)29-16-30-26(23)33(32-24)19-11-13-28-14-12-19/h2-6,8-9,15-16,19,28H,7,10-14H2,1H3,(H,31,34)(H2,27,29,30). The van der Waals surface area contributed by atoms with Crippen LogP contribution in [0.5, 0.6) is 5.75 Å². The molecule has 0 bridgehead atoms. The zero-order chi connectivity index (χ0) is 24.2. The van der Waals surface area contributed by atoms with E-state index in [4.69, 9.17) is 15.6 Å². The molecule has 1 aliphatic rings. The van der Waals surface area contributed by atoms with E-state index in [0.29, 0.717) is 35.8 Å². The Labute approximate surface area is 203 Å². The number of nitrogens with one attached hydrogen (secondary N) is 2. The number of hydrogen-bond donors (Lipinski definition) is 3. The highest BCUT2D eigenvalue weighted by Crippen LogP contribution is 2.36. The second-order valence-electron chi connectivity index (χ2n) is 8.68. The molecule has 4 aromatic rings. The van der Waals surface area contributed by atoms with Crippen LogP contribution in [0.15, 0.2) is 54.9 Å². The molecule has 35 heavy (non-hydrogen) atoms. The second-order valence-corrected chi connectivity index (χ2v) is 8.68. The molecule has 180 valence electrons. The molecule has 0 saturated carbocycles. The molecule has 9 heteroatoms. The van der Waals surface area contributed by atoms with Gasteiger partial charge >= 0.3 is 0 Å². The Bertz CT molecular complexity index is 1330. The van der Waals surface area contributed by atoms with Crippen LogP contribution in [0.25, 0.3) is 22.3 Å². The van der Waals surface area contributed by atoms with Crippen molar-refractivity contribution in [3.63, 3.8) is 0 Å². The van der Waals surface area contributed by atoms with Crippen molar-refractivity contribution in [3.8, 4) is 17.0 Å². The highest BCUT2D eigenvalue weighted by molar-refractivity contribution is 5.99. The summed E-state index contributed by atoms with van der Waals surface area (Å²) < 4.78 is 7.60. The summed E-state index contributed by atoms with van der Waals surface area (Å²) in [5, 5.41) is 12.0. The fraction of sp³-hybridized carbons (Fsp3) is 0.308. The van der Waals surface area contributed by atoms with E-state index in [1.165, 1.54) is 6.33 Å². The van der Waals surface area contributed by atoms with E-state index in [0.717, 1.165) is 48.1 Å². The van der Waals surface area contributed by atoms with Gasteiger partial charge in [-0.1, -0.05) is 36.4 Å². The number of piperidine rings is 1. The lowest BCUT2D eigenvalue weighted by atomic mass is 10.1. The van der Waals surface area contributed by atoms with Gasteiger partial charge in [0, 0.05) is 12.0 Å². The van der Waals surface area contributed by atoms with Crippen LogP contribution in [-0.2, 0) is 11.2 Å². The molecule has 9 nitrogen and oxygen atoms in total. The average Bonchev–Trinajstić information content (AvgIpc) is 3.30. The van der Waals surface area contributed by atoms with E-state index in [1.54, 1.807) is 7.11 Å². The fourth-order valence-electron chi connectivity index (χ4n) is 4.56. The number of aromatic nitrogens is 4. The van der Waals surface area contributed by atoms with E-state index in [9.17, 15) is 4.79 Å². The van der Waals surface area contributed by atoms with Crippen molar-refractivity contribution < 1.29 is 9.53 Å². The number of aryl methyl sites for hydroxylation is 1. The van der Waals surface area contributed by atoms with Crippen LogP contribution in [0.3, 0.4) is 0 Å². The van der Waals surface area contributed by atoms with Gasteiger partial charge in [0.2, 0.25) is 5.91 Å². The fourth-order valence-corrected chi connectivity index (χ4v) is 4.56. The quantitative estimate of drug-likeness (QED) is 0.377. The monoisotopic (exact) mass is 471 g/mol. The summed E-state index contributed by atoms with van der Waals surface area (Å²) in [6.45, 7) is 1.88. The van der Waals surface area contributed by atoms with Gasteiger partial charge in [-0.05, 0) is 50.0 Å². The number of benzene rings is 2. The van der Waals surface area contributed by atoms with Gasteiger partial charge in [-0.25, -0.2) is 14.6 Å². The van der Waals surface area contributed by atoms with Gasteiger partial charge in [-0.3, -0.25) is 4.79 Å². The van der Waals surface area contributed by atoms with E-state index < -0.39 is 0 Å². The van der Waals surface area contributed by atoms with Crippen molar-refractivity contribution in [2.45, 2.75) is 31.7 Å². The lowest BCUT2D eigenvalue weighted by Crippen LogP contribution is -2.30. The van der Waals surface area contributed by atoms with Crippen LogP contribution in [0, 0.1) is 0 Å². The van der Waals surface area contributed by atoms with E-state index in [2.05, 4.69) is 20.6 Å². The molecule has 3 heterocycles. The largest absolute Gasteiger partial charge is 0.495 e. The number of fused-ring (bicyclic) bond motifs is 1. The highest BCUT2D eigenvalue weighted by atomic mass is 16.5. The highest BCUT2D eigenvalue weighted by Gasteiger charge is 2.24. The summed E-state index contributed by atoms with van der Waals surface area (Å²) in [5.41, 5.74) is 10.3. The third-order valence-electron chi connectivity index (χ3n) is 6.41. The number of nitrogens with two attached hydrogens (primary N) is 1. The number of methoxy groups -OCH3 is 1. The Morgan fingerprint density at radius 1 is 1.17 bits per heavy atom. The molecule has 0 aliphatic carbocycles. The Morgan fingerprint density at radius 3 is 2.74 bits per heavy atom. The predicted octanol–water partition coefficient (Wildman–Crippen LogP) is 3.58. The number of hydrogen-bond acceptors (Lipinski definition) is 7. The first-order valence-electron chi connectivity index (χ1n) is 11.9. The molecule has 1 amide bonds. The number of carbonyl (C=O) groups is 1. The first-order valence-corrected chi connectivity index (χ1v) is 11.9. The van der Waals surface area contributed by atoms with Crippen molar-refractivity contribution in [2.75, 3.05) is 31.2 Å². The number of ether oxygens (including phenoxy) is 1. The molecule has 0 unspecified atom stereocenters. The minimum atomic E-state index is -0.0711. The Hall–Kier alpha value is -3.98. The normalized spacial score (nSPS) is 14.2. The first-order chi connectivity index (χ1) is 17.1. The number of amides is 1. The SMILES string of the molecule is COc1cc(-c2nn(C3CCNCC3)c3ncnc(N)c23)ccc1NC(=O)CCc1ccccc1. The third kappa shape index (κ3) is 4.81. The van der Waals surface area contributed by atoms with E-state index >= 15 is 0 Å². The number of nitrogen functional groups attached to an aromatic ring is 1. The summed E-state index contributed by atoms with van der Waals surface area (Å²) in [7, 11) is 1.59. The smallest absolute Gasteiger partial charge is 0.224 e. The van der Waals surface area contributed by atoms with Gasteiger partial charge < -0.3 is 21.1 Å². The second kappa shape index (κ2) is 10.1. The molecule has 0 atom stereocenters. The lowest BCUT2D eigenvalue weighted by Gasteiger charge is -2.23. The van der Waals surface area contributed by atoms with E-state index in [-0.39, 0.29) is 11.9 Å². The van der Waals surface area contributed by atoms with Crippen molar-refractivity contribution >= 4 is 28.4 Å². The van der Waals surface area contributed by atoms with Gasteiger partial charge in [-0.15, -0.1) is 0 Å². The van der Waals surface area contributed by atoms with Gasteiger partial charge in [0.05, 0.1) is 24.2 Å². The molecule has 0 spiro atoms. The molecular weight excluding hydrogens is 442 g/mol. The van der Waals surface area contributed by atoms with Crippen LogP contribution < -0.4 is 21.1 Å². The molecular formula is C26H29N7O2. The van der Waals surface area contributed by atoms with Crippen LogP contribution >= 0.6 is 0 Å². The third-order valence-corrected chi connectivity index (χ3v) is 6.41. The number of nitrogens with zero attached hydrogens (tertiary/aromatic N) is 4. The minimum Gasteiger partial charge on any atom is -0.495 e. The van der Waals surface area contributed by atoms with Crippen molar-refractivity contribution in [2.24, 2.45) is 0 Å². The maximum atomic E-state index is 12.6. The summed E-state index contributed by atoms with van der Waals surface area (Å²) in [6, 6.07) is 15.8. The molecule has 2 aromatic heterocycles. The molecule has 0 radical (unpaired) electrons. The predicted molar refractivity (Wildman–Crippen MR) is 136 cm³/mol. The van der Waals surface area contributed by atoms with Crippen molar-refractivity contribution in [1.82, 2.24) is 25.1 Å². The van der Waals surface area contributed by atoms with Gasteiger partial charge in [-0.2, -0.15) is 5.10 Å². The summed E-state index contributed by atoms with van der Waals surface area (Å²) in [5.74, 6) is 0.871. The molecule has 2 aromatic carbocycles. The average molecular weight is 472 g/mol. The maximum Gasteiger partial charge on any atom is 0.224 e. The van der Waals surface area contributed by atoms with Gasteiger partial charge in [0.1, 0.15) is 23.6 Å². The van der Waals surface area contributed by atoms with Crippen LogP contribution in [-0.4, -0.2) is 45.9 Å². The Kier molecular flexibility index (Phi) is 6.58. The lowest BCUT2D eigenvalue weighted by molar-refractivity contribution is -0.116. The molecule has 1 saturated heterocycles. The van der Waals surface area contributed by atoms with Crippen molar-refractivity contribution in [1.29, 1.82) is 0 Å². The molecule has 4 N–H and O–H groups in total.